The first-order valence-electron chi connectivity index (χ1n) is 5.63. The van der Waals surface area contributed by atoms with E-state index in [0.717, 1.165) is 4.88 Å². The van der Waals surface area contributed by atoms with Gasteiger partial charge in [0, 0.05) is 11.1 Å². The number of pyridine rings is 1. The van der Waals surface area contributed by atoms with Crippen molar-refractivity contribution in [1.29, 1.82) is 0 Å². The number of hydrazine groups is 1. The molecule has 0 aliphatic carbocycles. The minimum absolute atomic E-state index is 0.00277. The van der Waals surface area contributed by atoms with Crippen LogP contribution in [0.4, 0.5) is 5.82 Å². The molecule has 0 aliphatic rings. The van der Waals surface area contributed by atoms with Crippen molar-refractivity contribution in [2.75, 3.05) is 5.43 Å². The minimum atomic E-state index is -3.73. The van der Waals surface area contributed by atoms with Gasteiger partial charge in [-0.15, -0.1) is 11.3 Å². The van der Waals surface area contributed by atoms with Gasteiger partial charge in [-0.05, 0) is 31.2 Å². The molecule has 6 nitrogen and oxygen atoms in total. The predicted octanol–water partition coefficient (Wildman–Crippen LogP) is 2.12. The van der Waals surface area contributed by atoms with Gasteiger partial charge in [0.15, 0.2) is 5.82 Å². The van der Waals surface area contributed by atoms with Crippen molar-refractivity contribution < 1.29 is 8.42 Å². The average molecular weight is 333 g/mol. The van der Waals surface area contributed by atoms with Crippen molar-refractivity contribution in [3.63, 3.8) is 0 Å². The van der Waals surface area contributed by atoms with Crippen LogP contribution in [0.2, 0.25) is 4.34 Å². The molecule has 0 amide bonds. The third-order valence-corrected chi connectivity index (χ3v) is 5.54. The standard InChI is InChI=1S/C11H13ClN4O2S2/c1-7(8-4-5-10(12)19-8)16-20(17,18)9-3-2-6-14-11(9)15-13/h2-7,16H,13H2,1H3,(H,14,15). The first kappa shape index (κ1) is 15.2. The van der Waals surface area contributed by atoms with Gasteiger partial charge in [-0.2, -0.15) is 0 Å². The van der Waals surface area contributed by atoms with Crippen LogP contribution in [0.3, 0.4) is 0 Å². The number of anilines is 1. The Morgan fingerprint density at radius 3 is 2.75 bits per heavy atom. The van der Waals surface area contributed by atoms with E-state index in [4.69, 9.17) is 17.4 Å². The van der Waals surface area contributed by atoms with Crippen LogP contribution in [0.15, 0.2) is 35.4 Å². The maximum absolute atomic E-state index is 12.3. The van der Waals surface area contributed by atoms with Gasteiger partial charge >= 0.3 is 0 Å². The first-order valence-corrected chi connectivity index (χ1v) is 8.31. The molecule has 108 valence electrons. The number of nitrogen functional groups attached to an aromatic ring is 1. The molecule has 0 spiro atoms. The smallest absolute Gasteiger partial charge is 0.244 e. The molecular weight excluding hydrogens is 320 g/mol. The van der Waals surface area contributed by atoms with Gasteiger partial charge < -0.3 is 5.43 Å². The number of hydrogen-bond acceptors (Lipinski definition) is 6. The fraction of sp³-hybridized carbons (Fsp3) is 0.182. The van der Waals surface area contributed by atoms with Crippen molar-refractivity contribution in [1.82, 2.24) is 9.71 Å². The number of thiophene rings is 1. The summed E-state index contributed by atoms with van der Waals surface area (Å²) in [4.78, 5) is 4.69. The van der Waals surface area contributed by atoms with Crippen LogP contribution in [0.1, 0.15) is 17.8 Å². The zero-order valence-electron chi connectivity index (χ0n) is 10.5. The summed E-state index contributed by atoms with van der Waals surface area (Å²) in [7, 11) is -3.73. The Morgan fingerprint density at radius 1 is 1.40 bits per heavy atom. The Bertz CT molecular complexity index is 702. The van der Waals surface area contributed by atoms with Gasteiger partial charge in [-0.3, -0.25) is 0 Å². The predicted molar refractivity (Wildman–Crippen MR) is 80.1 cm³/mol. The highest BCUT2D eigenvalue weighted by Crippen LogP contribution is 2.28. The first-order chi connectivity index (χ1) is 9.44. The number of halogens is 1. The number of nitrogens with zero attached hydrogens (tertiary/aromatic N) is 1. The minimum Gasteiger partial charge on any atom is -0.307 e. The highest BCUT2D eigenvalue weighted by atomic mass is 35.5. The zero-order chi connectivity index (χ0) is 14.8. The van der Waals surface area contributed by atoms with Crippen LogP contribution in [0.25, 0.3) is 0 Å². The molecule has 1 unspecified atom stereocenters. The summed E-state index contributed by atoms with van der Waals surface area (Å²) in [6.45, 7) is 1.74. The quantitative estimate of drug-likeness (QED) is 0.575. The Balaban J connectivity index is 2.27. The molecule has 0 aromatic carbocycles. The van der Waals surface area contributed by atoms with Crippen LogP contribution in [0.5, 0.6) is 0 Å². The van der Waals surface area contributed by atoms with E-state index in [1.54, 1.807) is 19.1 Å². The Labute approximate surface area is 126 Å². The van der Waals surface area contributed by atoms with E-state index < -0.39 is 16.1 Å². The maximum atomic E-state index is 12.3. The highest BCUT2D eigenvalue weighted by molar-refractivity contribution is 7.89. The lowest BCUT2D eigenvalue weighted by atomic mass is 10.3. The van der Waals surface area contributed by atoms with Gasteiger partial charge in [0.25, 0.3) is 0 Å². The summed E-state index contributed by atoms with van der Waals surface area (Å²) in [6.07, 6.45) is 1.46. The van der Waals surface area contributed by atoms with Crippen LogP contribution in [-0.2, 0) is 10.0 Å². The lowest BCUT2D eigenvalue weighted by Crippen LogP contribution is -2.28. The second kappa shape index (κ2) is 6.06. The molecule has 2 heterocycles. The second-order valence-corrected chi connectivity index (χ2v) is 7.41. The molecule has 2 rings (SSSR count). The van der Waals surface area contributed by atoms with E-state index in [1.807, 2.05) is 0 Å². The summed E-state index contributed by atoms with van der Waals surface area (Å²) < 4.78 is 27.8. The van der Waals surface area contributed by atoms with Gasteiger partial charge in [-0.1, -0.05) is 11.6 Å². The number of sulfonamides is 1. The molecule has 0 saturated heterocycles. The number of nitrogens with one attached hydrogen (secondary N) is 2. The molecule has 9 heteroatoms. The van der Waals surface area contributed by atoms with E-state index >= 15 is 0 Å². The molecule has 20 heavy (non-hydrogen) atoms. The average Bonchev–Trinajstić information content (AvgIpc) is 2.85. The van der Waals surface area contributed by atoms with Crippen LogP contribution in [-0.4, -0.2) is 13.4 Å². The molecule has 0 fully saturated rings. The molecule has 2 aromatic heterocycles. The zero-order valence-corrected chi connectivity index (χ0v) is 12.9. The van der Waals surface area contributed by atoms with E-state index in [0.29, 0.717) is 4.34 Å². The number of aromatic nitrogens is 1. The van der Waals surface area contributed by atoms with Crippen molar-refractivity contribution in [3.05, 3.63) is 39.7 Å². The normalized spacial score (nSPS) is 13.2. The molecular formula is C11H13ClN4O2S2. The van der Waals surface area contributed by atoms with Gasteiger partial charge in [0.2, 0.25) is 10.0 Å². The molecule has 2 aromatic rings. The maximum Gasteiger partial charge on any atom is 0.244 e. The topological polar surface area (TPSA) is 97.1 Å². The monoisotopic (exact) mass is 332 g/mol. The summed E-state index contributed by atoms with van der Waals surface area (Å²) >= 11 is 7.17. The molecule has 0 radical (unpaired) electrons. The molecule has 0 aliphatic heterocycles. The van der Waals surface area contributed by atoms with E-state index in [1.165, 1.54) is 29.7 Å². The number of rotatable bonds is 5. The van der Waals surface area contributed by atoms with Crippen molar-refractivity contribution in [2.24, 2.45) is 5.84 Å². The van der Waals surface area contributed by atoms with Crippen molar-refractivity contribution in [2.45, 2.75) is 17.9 Å². The summed E-state index contributed by atoms with van der Waals surface area (Å²) in [5.41, 5.74) is 2.27. The van der Waals surface area contributed by atoms with E-state index in [2.05, 4.69) is 15.1 Å². The second-order valence-electron chi connectivity index (χ2n) is 3.98. The SMILES string of the molecule is CC(NS(=O)(=O)c1cccnc1NN)c1ccc(Cl)s1. The third kappa shape index (κ3) is 3.28. The molecule has 1 atom stereocenters. The van der Waals surface area contributed by atoms with Crippen molar-refractivity contribution >= 4 is 38.8 Å². The van der Waals surface area contributed by atoms with Gasteiger partial charge in [0.05, 0.1) is 10.4 Å². The summed E-state index contributed by atoms with van der Waals surface area (Å²) in [6, 6.07) is 6.07. The Hall–Kier alpha value is -1.19. The van der Waals surface area contributed by atoms with Crippen LogP contribution in [0, 0.1) is 0 Å². The summed E-state index contributed by atoms with van der Waals surface area (Å²) in [5.74, 6) is 5.37. The number of hydrogen-bond donors (Lipinski definition) is 3. The summed E-state index contributed by atoms with van der Waals surface area (Å²) in [5, 5.41) is 0. The largest absolute Gasteiger partial charge is 0.307 e. The fourth-order valence-corrected chi connectivity index (χ4v) is 4.11. The van der Waals surface area contributed by atoms with E-state index in [9.17, 15) is 8.42 Å². The molecule has 0 saturated carbocycles. The Kier molecular flexibility index (Phi) is 4.61. The highest BCUT2D eigenvalue weighted by Gasteiger charge is 2.22. The fourth-order valence-electron chi connectivity index (χ4n) is 1.63. The molecule has 4 N–H and O–H groups in total. The van der Waals surface area contributed by atoms with Crippen molar-refractivity contribution in [3.8, 4) is 0 Å². The number of nitrogens with two attached hydrogens (primary N) is 1. The van der Waals surface area contributed by atoms with Crippen LogP contribution < -0.4 is 16.0 Å². The van der Waals surface area contributed by atoms with Gasteiger partial charge in [0.1, 0.15) is 4.90 Å². The lowest BCUT2D eigenvalue weighted by molar-refractivity contribution is 0.568. The van der Waals surface area contributed by atoms with E-state index in [-0.39, 0.29) is 10.7 Å². The Morgan fingerprint density at radius 2 is 2.15 bits per heavy atom. The lowest BCUT2D eigenvalue weighted by Gasteiger charge is -2.14. The van der Waals surface area contributed by atoms with Gasteiger partial charge in [-0.25, -0.2) is 24.0 Å². The molecule has 0 bridgehead atoms. The van der Waals surface area contributed by atoms with Crippen LogP contribution >= 0.6 is 22.9 Å². The third-order valence-electron chi connectivity index (χ3n) is 2.55.